The van der Waals surface area contributed by atoms with Crippen LogP contribution >= 0.6 is 22.9 Å². The lowest BCUT2D eigenvalue weighted by Gasteiger charge is -2.15. The molecule has 17 heavy (non-hydrogen) atoms. The van der Waals surface area contributed by atoms with Crippen LogP contribution in [0.2, 0.25) is 0 Å². The lowest BCUT2D eigenvalue weighted by Crippen LogP contribution is -2.16. The van der Waals surface area contributed by atoms with E-state index in [0.29, 0.717) is 17.9 Å². The zero-order chi connectivity index (χ0) is 12.4. The summed E-state index contributed by atoms with van der Waals surface area (Å²) >= 11 is 2.86. The van der Waals surface area contributed by atoms with E-state index in [1.165, 1.54) is 11.5 Å². The molecule has 2 rings (SSSR count). The van der Waals surface area contributed by atoms with Gasteiger partial charge in [0.15, 0.2) is 5.82 Å². The number of aryl methyl sites for hydroxylation is 1. The Balaban J connectivity index is 2.20. The van der Waals surface area contributed by atoms with E-state index in [1.807, 2.05) is 24.3 Å². The molecule has 0 fully saturated rings. The molecule has 5 nitrogen and oxygen atoms in total. The fraction of sp³-hybridized carbons (Fsp3) is 0.300. The number of aromatic nitrogens is 2. The molecular weight excluding hydrogens is 254 g/mol. The van der Waals surface area contributed by atoms with Crippen LogP contribution < -0.4 is 10.6 Å². The van der Waals surface area contributed by atoms with Crippen LogP contribution in [-0.4, -0.2) is 16.4 Å². The van der Waals surface area contributed by atoms with Gasteiger partial charge in [-0.05, 0) is 18.5 Å². The third kappa shape index (κ3) is 2.38. The number of rotatable bonds is 3. The Morgan fingerprint density at radius 1 is 1.59 bits per heavy atom. The van der Waals surface area contributed by atoms with Crippen LogP contribution in [0, 0.1) is 18.3 Å². The van der Waals surface area contributed by atoms with Crippen LogP contribution in [0.1, 0.15) is 16.3 Å². The fourth-order valence-corrected chi connectivity index (χ4v) is 2.78. The molecule has 0 radical (unpaired) electrons. The first-order chi connectivity index (χ1) is 8.11. The SMILES string of the molecule is Cc1nc(CN(C)c2snc(N)c2C#N)cs1. The predicted molar refractivity (Wildman–Crippen MR) is 70.2 cm³/mol. The molecule has 0 atom stereocenters. The summed E-state index contributed by atoms with van der Waals surface area (Å²) in [5.74, 6) is 0.300. The second-order valence-corrected chi connectivity index (χ2v) is 5.39. The quantitative estimate of drug-likeness (QED) is 0.918. The van der Waals surface area contributed by atoms with Crippen LogP contribution in [0.15, 0.2) is 5.38 Å². The van der Waals surface area contributed by atoms with Crippen molar-refractivity contribution in [2.24, 2.45) is 0 Å². The number of nitrogens with two attached hydrogens (primary N) is 1. The first-order valence-electron chi connectivity index (χ1n) is 4.89. The van der Waals surface area contributed by atoms with E-state index in [-0.39, 0.29) is 0 Å². The maximum Gasteiger partial charge on any atom is 0.157 e. The monoisotopic (exact) mass is 265 g/mol. The van der Waals surface area contributed by atoms with Crippen molar-refractivity contribution in [3.8, 4) is 6.07 Å². The number of anilines is 2. The maximum atomic E-state index is 9.00. The Bertz CT molecular complexity index is 566. The molecule has 2 aromatic heterocycles. The van der Waals surface area contributed by atoms with Crippen molar-refractivity contribution in [3.05, 3.63) is 21.6 Å². The average Bonchev–Trinajstić information content (AvgIpc) is 2.84. The molecule has 0 saturated heterocycles. The second kappa shape index (κ2) is 4.69. The number of nitrogens with zero attached hydrogens (tertiary/aromatic N) is 4. The van der Waals surface area contributed by atoms with Gasteiger partial charge in [0.05, 0.1) is 17.2 Å². The van der Waals surface area contributed by atoms with Crippen molar-refractivity contribution in [3.63, 3.8) is 0 Å². The van der Waals surface area contributed by atoms with Gasteiger partial charge in [0, 0.05) is 12.4 Å². The van der Waals surface area contributed by atoms with Gasteiger partial charge in [0.25, 0.3) is 0 Å². The summed E-state index contributed by atoms with van der Waals surface area (Å²) in [6.07, 6.45) is 0. The molecule has 0 unspecified atom stereocenters. The highest BCUT2D eigenvalue weighted by Gasteiger charge is 2.15. The van der Waals surface area contributed by atoms with Crippen LogP contribution in [0.4, 0.5) is 10.8 Å². The normalized spacial score (nSPS) is 10.2. The van der Waals surface area contributed by atoms with Gasteiger partial charge in [-0.2, -0.15) is 9.64 Å². The van der Waals surface area contributed by atoms with E-state index < -0.39 is 0 Å². The maximum absolute atomic E-state index is 9.00. The minimum absolute atomic E-state index is 0.300. The standard InChI is InChI=1S/C10H11N5S2/c1-6-13-7(5-16-6)4-15(2)10-8(3-11)9(12)14-17-10/h5H,4H2,1-2H3,(H2,12,14). The molecule has 7 heteroatoms. The molecule has 0 aliphatic rings. The first kappa shape index (κ1) is 11.8. The zero-order valence-corrected chi connectivity index (χ0v) is 11.1. The van der Waals surface area contributed by atoms with Gasteiger partial charge >= 0.3 is 0 Å². The number of hydrogen-bond acceptors (Lipinski definition) is 7. The van der Waals surface area contributed by atoms with Crippen LogP contribution in [0.3, 0.4) is 0 Å². The largest absolute Gasteiger partial charge is 0.382 e. The van der Waals surface area contributed by atoms with Gasteiger partial charge in [0.2, 0.25) is 0 Å². The number of nitriles is 1. The second-order valence-electron chi connectivity index (χ2n) is 3.57. The molecule has 0 bridgehead atoms. The van der Waals surface area contributed by atoms with Gasteiger partial charge in [-0.25, -0.2) is 4.98 Å². The van der Waals surface area contributed by atoms with E-state index in [2.05, 4.69) is 15.4 Å². The van der Waals surface area contributed by atoms with Crippen molar-refractivity contribution in [1.29, 1.82) is 5.26 Å². The molecule has 0 aliphatic carbocycles. The van der Waals surface area contributed by atoms with E-state index in [9.17, 15) is 0 Å². The van der Waals surface area contributed by atoms with Gasteiger partial charge in [0.1, 0.15) is 16.6 Å². The van der Waals surface area contributed by atoms with Gasteiger partial charge in [-0.15, -0.1) is 11.3 Å². The highest BCUT2D eigenvalue weighted by Crippen LogP contribution is 2.29. The zero-order valence-electron chi connectivity index (χ0n) is 9.47. The Morgan fingerprint density at radius 3 is 2.94 bits per heavy atom. The third-order valence-electron chi connectivity index (χ3n) is 2.22. The van der Waals surface area contributed by atoms with Crippen LogP contribution in [0.25, 0.3) is 0 Å². The molecule has 0 saturated carbocycles. The summed E-state index contributed by atoms with van der Waals surface area (Å²) in [4.78, 5) is 6.33. The van der Waals surface area contributed by atoms with Crippen molar-refractivity contribution < 1.29 is 0 Å². The van der Waals surface area contributed by atoms with Gasteiger partial charge in [-0.3, -0.25) is 0 Å². The topological polar surface area (TPSA) is 78.8 Å². The highest BCUT2D eigenvalue weighted by molar-refractivity contribution is 7.10. The number of hydrogen-bond donors (Lipinski definition) is 1. The van der Waals surface area contributed by atoms with E-state index in [4.69, 9.17) is 11.0 Å². The number of nitrogen functional groups attached to an aromatic ring is 1. The average molecular weight is 265 g/mol. The third-order valence-corrected chi connectivity index (χ3v) is 4.02. The Labute approximate surface area is 107 Å². The molecule has 0 spiro atoms. The van der Waals surface area contributed by atoms with Crippen LogP contribution in [0.5, 0.6) is 0 Å². The summed E-state index contributed by atoms with van der Waals surface area (Å²) in [6.45, 7) is 2.63. The van der Waals surface area contributed by atoms with Crippen molar-refractivity contribution in [2.45, 2.75) is 13.5 Å². The lowest BCUT2D eigenvalue weighted by molar-refractivity contribution is 0.898. The fourth-order valence-electron chi connectivity index (χ4n) is 1.45. The molecule has 88 valence electrons. The Kier molecular flexibility index (Phi) is 3.26. The summed E-state index contributed by atoms with van der Waals surface area (Å²) in [5.41, 5.74) is 7.06. The molecule has 2 aromatic rings. The minimum Gasteiger partial charge on any atom is -0.382 e. The Hall–Kier alpha value is -1.65. The molecular formula is C10H11N5S2. The molecule has 0 aliphatic heterocycles. The summed E-state index contributed by atoms with van der Waals surface area (Å²) in [5, 5.41) is 12.8. The van der Waals surface area contributed by atoms with Crippen molar-refractivity contribution in [1.82, 2.24) is 9.36 Å². The highest BCUT2D eigenvalue weighted by atomic mass is 32.1. The van der Waals surface area contributed by atoms with E-state index in [0.717, 1.165) is 15.7 Å². The summed E-state index contributed by atoms with van der Waals surface area (Å²) in [7, 11) is 1.91. The Morgan fingerprint density at radius 2 is 2.35 bits per heavy atom. The van der Waals surface area contributed by atoms with E-state index in [1.54, 1.807) is 11.3 Å². The first-order valence-corrected chi connectivity index (χ1v) is 6.54. The smallest absolute Gasteiger partial charge is 0.157 e. The lowest BCUT2D eigenvalue weighted by atomic mass is 10.3. The molecule has 0 amide bonds. The summed E-state index contributed by atoms with van der Waals surface area (Å²) < 4.78 is 3.99. The number of thiazole rings is 1. The molecule has 0 aromatic carbocycles. The summed E-state index contributed by atoms with van der Waals surface area (Å²) in [6, 6.07) is 2.08. The minimum atomic E-state index is 0.300. The molecule has 2 N–H and O–H groups in total. The van der Waals surface area contributed by atoms with Crippen LogP contribution in [-0.2, 0) is 6.54 Å². The van der Waals surface area contributed by atoms with Crippen molar-refractivity contribution >= 4 is 33.7 Å². The molecule has 2 heterocycles. The van der Waals surface area contributed by atoms with Gasteiger partial charge < -0.3 is 10.6 Å². The van der Waals surface area contributed by atoms with E-state index >= 15 is 0 Å². The van der Waals surface area contributed by atoms with Crippen molar-refractivity contribution in [2.75, 3.05) is 17.7 Å². The van der Waals surface area contributed by atoms with Gasteiger partial charge in [-0.1, -0.05) is 0 Å². The predicted octanol–water partition coefficient (Wildman–Crippen LogP) is 2.00.